The van der Waals surface area contributed by atoms with Crippen LogP contribution in [0.4, 0.5) is 8.78 Å². The van der Waals surface area contributed by atoms with Gasteiger partial charge in [0.2, 0.25) is 0 Å². The normalized spacial score (nSPS) is 26.0. The summed E-state index contributed by atoms with van der Waals surface area (Å²) in [6, 6.07) is 3.62. The second-order valence-electron chi connectivity index (χ2n) is 4.97. The minimum absolute atomic E-state index is 0.00964. The van der Waals surface area contributed by atoms with E-state index in [1.807, 2.05) is 6.92 Å². The lowest BCUT2D eigenvalue weighted by atomic mass is 9.89. The van der Waals surface area contributed by atoms with Crippen LogP contribution in [0, 0.1) is 11.6 Å². The number of aromatic nitrogens is 3. The van der Waals surface area contributed by atoms with Crippen molar-refractivity contribution in [3.8, 4) is 0 Å². The molecular formula is C14H15F2N3OS. The lowest BCUT2D eigenvalue weighted by molar-refractivity contribution is -0.0649. The molecule has 7 heteroatoms. The molecule has 0 N–H and O–H groups in total. The highest BCUT2D eigenvalue weighted by atomic mass is 32.2. The average molecular weight is 311 g/mol. The van der Waals surface area contributed by atoms with Gasteiger partial charge in [0.15, 0.2) is 0 Å². The van der Waals surface area contributed by atoms with Crippen LogP contribution >= 0.6 is 11.8 Å². The fourth-order valence-corrected chi connectivity index (χ4v) is 3.72. The summed E-state index contributed by atoms with van der Waals surface area (Å²) in [5.74, 6) is -0.337. The zero-order valence-electron chi connectivity index (χ0n) is 11.5. The maximum absolute atomic E-state index is 14.3. The van der Waals surface area contributed by atoms with Crippen molar-refractivity contribution in [1.82, 2.24) is 14.8 Å². The van der Waals surface area contributed by atoms with Gasteiger partial charge in [-0.25, -0.2) is 18.4 Å². The molecule has 1 saturated heterocycles. The average Bonchev–Trinajstić information content (AvgIpc) is 2.94. The Balaban J connectivity index is 2.06. The van der Waals surface area contributed by atoms with Gasteiger partial charge in [-0.1, -0.05) is 13.0 Å². The highest BCUT2D eigenvalue weighted by molar-refractivity contribution is 8.00. The Labute approximate surface area is 125 Å². The standard InChI is InChI=1S/C14H15F2N3OS/c1-10-14(20-4-5-21-10,7-19-9-17-8-18-19)12-3-2-11(15)6-13(12)16/h2-3,6,8-10H,4-5,7H2,1H3. The third kappa shape index (κ3) is 2.67. The maximum atomic E-state index is 14.3. The predicted molar refractivity (Wildman–Crippen MR) is 75.9 cm³/mol. The minimum atomic E-state index is -0.881. The van der Waals surface area contributed by atoms with E-state index in [-0.39, 0.29) is 5.25 Å². The number of halogens is 2. The van der Waals surface area contributed by atoms with E-state index in [4.69, 9.17) is 4.74 Å². The van der Waals surface area contributed by atoms with Gasteiger partial charge in [0.05, 0.1) is 13.2 Å². The highest BCUT2D eigenvalue weighted by Gasteiger charge is 2.44. The molecule has 0 radical (unpaired) electrons. The van der Waals surface area contributed by atoms with Crippen molar-refractivity contribution in [1.29, 1.82) is 0 Å². The van der Waals surface area contributed by atoms with Crippen LogP contribution in [0.25, 0.3) is 0 Å². The molecule has 1 fully saturated rings. The van der Waals surface area contributed by atoms with E-state index in [0.717, 1.165) is 11.8 Å². The van der Waals surface area contributed by atoms with Crippen LogP contribution in [0.15, 0.2) is 30.9 Å². The second kappa shape index (κ2) is 5.73. The Bertz CT molecular complexity index is 623. The summed E-state index contributed by atoms with van der Waals surface area (Å²) >= 11 is 1.71. The van der Waals surface area contributed by atoms with Crippen molar-refractivity contribution in [2.24, 2.45) is 0 Å². The van der Waals surface area contributed by atoms with Crippen molar-refractivity contribution >= 4 is 11.8 Å². The molecule has 0 aliphatic carbocycles. The number of nitrogens with zero attached hydrogens (tertiary/aromatic N) is 3. The zero-order valence-corrected chi connectivity index (χ0v) is 12.3. The molecule has 1 aliphatic rings. The summed E-state index contributed by atoms with van der Waals surface area (Å²) in [4.78, 5) is 3.91. The van der Waals surface area contributed by atoms with Crippen LogP contribution in [-0.2, 0) is 16.9 Å². The van der Waals surface area contributed by atoms with E-state index in [2.05, 4.69) is 10.1 Å². The number of benzene rings is 1. The molecule has 1 aliphatic heterocycles. The van der Waals surface area contributed by atoms with E-state index in [1.165, 1.54) is 18.5 Å². The van der Waals surface area contributed by atoms with E-state index < -0.39 is 17.2 Å². The summed E-state index contributed by atoms with van der Waals surface area (Å²) in [6.45, 7) is 2.84. The third-order valence-corrected chi connectivity index (χ3v) is 5.00. The molecule has 0 spiro atoms. The molecule has 21 heavy (non-hydrogen) atoms. The molecule has 2 unspecified atom stereocenters. The number of ether oxygens (including phenoxy) is 1. The van der Waals surface area contributed by atoms with Crippen molar-refractivity contribution in [2.75, 3.05) is 12.4 Å². The predicted octanol–water partition coefficient (Wildman–Crippen LogP) is 2.60. The Morgan fingerprint density at radius 2 is 2.33 bits per heavy atom. The van der Waals surface area contributed by atoms with Gasteiger partial charge in [0, 0.05) is 22.6 Å². The summed E-state index contributed by atoms with van der Waals surface area (Å²) < 4.78 is 35.1. The molecule has 4 nitrogen and oxygen atoms in total. The molecule has 3 rings (SSSR count). The van der Waals surface area contributed by atoms with Crippen molar-refractivity contribution < 1.29 is 13.5 Å². The molecular weight excluding hydrogens is 296 g/mol. The van der Waals surface area contributed by atoms with Crippen LogP contribution < -0.4 is 0 Å². The quantitative estimate of drug-likeness (QED) is 0.873. The van der Waals surface area contributed by atoms with Gasteiger partial charge in [-0.15, -0.1) is 0 Å². The van der Waals surface area contributed by atoms with E-state index in [0.29, 0.717) is 18.7 Å². The number of hydrogen-bond donors (Lipinski definition) is 0. The van der Waals surface area contributed by atoms with Gasteiger partial charge in [0.25, 0.3) is 0 Å². The van der Waals surface area contributed by atoms with Gasteiger partial charge in [-0.2, -0.15) is 16.9 Å². The van der Waals surface area contributed by atoms with Crippen LogP contribution in [0.3, 0.4) is 0 Å². The Kier molecular flexibility index (Phi) is 3.95. The third-order valence-electron chi connectivity index (χ3n) is 3.72. The van der Waals surface area contributed by atoms with Crippen molar-refractivity contribution in [3.63, 3.8) is 0 Å². The second-order valence-corrected chi connectivity index (χ2v) is 6.42. The zero-order chi connectivity index (χ0) is 14.9. The molecule has 2 atom stereocenters. The first-order chi connectivity index (χ1) is 10.1. The molecule has 1 aromatic heterocycles. The van der Waals surface area contributed by atoms with Crippen LogP contribution in [0.5, 0.6) is 0 Å². The van der Waals surface area contributed by atoms with Crippen molar-refractivity contribution in [2.45, 2.75) is 24.3 Å². The van der Waals surface area contributed by atoms with Crippen molar-refractivity contribution in [3.05, 3.63) is 48.1 Å². The van der Waals surface area contributed by atoms with Gasteiger partial charge >= 0.3 is 0 Å². The highest BCUT2D eigenvalue weighted by Crippen LogP contribution is 2.42. The maximum Gasteiger partial charge on any atom is 0.137 e. The van der Waals surface area contributed by atoms with Gasteiger partial charge in [0.1, 0.15) is 29.9 Å². The minimum Gasteiger partial charge on any atom is -0.366 e. The topological polar surface area (TPSA) is 39.9 Å². The van der Waals surface area contributed by atoms with Gasteiger partial charge < -0.3 is 4.74 Å². The molecule has 2 heterocycles. The first kappa shape index (κ1) is 14.5. The summed E-state index contributed by atoms with van der Waals surface area (Å²) in [5, 5.41) is 4.09. The molecule has 2 aromatic rings. The van der Waals surface area contributed by atoms with Gasteiger partial charge in [-0.3, -0.25) is 0 Å². The molecule has 1 aromatic carbocycles. The largest absolute Gasteiger partial charge is 0.366 e. The molecule has 112 valence electrons. The fraction of sp³-hybridized carbons (Fsp3) is 0.429. The number of rotatable bonds is 3. The van der Waals surface area contributed by atoms with E-state index in [1.54, 1.807) is 22.8 Å². The van der Waals surface area contributed by atoms with Crippen LogP contribution in [-0.4, -0.2) is 32.4 Å². The summed E-state index contributed by atoms with van der Waals surface area (Å²) in [6.07, 6.45) is 2.99. The first-order valence-corrected chi connectivity index (χ1v) is 7.70. The molecule has 0 bridgehead atoms. The summed E-state index contributed by atoms with van der Waals surface area (Å²) in [5.41, 5.74) is -0.520. The van der Waals surface area contributed by atoms with E-state index >= 15 is 0 Å². The Hall–Kier alpha value is -1.47. The Morgan fingerprint density at radius 3 is 3.00 bits per heavy atom. The monoisotopic (exact) mass is 311 g/mol. The van der Waals surface area contributed by atoms with E-state index in [9.17, 15) is 8.78 Å². The van der Waals surface area contributed by atoms with Crippen LogP contribution in [0.1, 0.15) is 12.5 Å². The Morgan fingerprint density at radius 1 is 1.48 bits per heavy atom. The first-order valence-electron chi connectivity index (χ1n) is 6.65. The smallest absolute Gasteiger partial charge is 0.137 e. The number of hydrogen-bond acceptors (Lipinski definition) is 4. The lowest BCUT2D eigenvalue weighted by Gasteiger charge is -2.42. The number of thioether (sulfide) groups is 1. The fourth-order valence-electron chi connectivity index (χ4n) is 2.64. The van der Waals surface area contributed by atoms with Gasteiger partial charge in [-0.05, 0) is 6.07 Å². The van der Waals surface area contributed by atoms with Crippen LogP contribution in [0.2, 0.25) is 0 Å². The SMILES string of the molecule is CC1SCCOC1(Cn1cncn1)c1ccc(F)cc1F. The lowest BCUT2D eigenvalue weighted by Crippen LogP contribution is -2.47. The molecule has 0 saturated carbocycles. The summed E-state index contributed by atoms with van der Waals surface area (Å²) in [7, 11) is 0. The molecule has 0 amide bonds.